The molecule has 0 N–H and O–H groups in total. The van der Waals surface area contributed by atoms with Crippen molar-refractivity contribution in [2.75, 3.05) is 31.1 Å². The average molecular weight is 277 g/mol. The molecule has 1 aromatic carbocycles. The number of carboxylic acid groups (broad SMARTS) is 1. The maximum atomic E-state index is 12.8. The molecular formula is C14H14FN2O3-. The van der Waals surface area contributed by atoms with Gasteiger partial charge in [0.05, 0.1) is 5.97 Å². The number of hydrogen-bond donors (Lipinski definition) is 0. The summed E-state index contributed by atoms with van der Waals surface area (Å²) in [6.07, 6.45) is 1.73. The number of hydrogen-bond acceptors (Lipinski definition) is 4. The van der Waals surface area contributed by atoms with Gasteiger partial charge in [-0.1, -0.05) is 0 Å². The highest BCUT2D eigenvalue weighted by Gasteiger charge is 2.19. The number of benzene rings is 1. The van der Waals surface area contributed by atoms with Crippen LogP contribution in [0.25, 0.3) is 0 Å². The molecule has 20 heavy (non-hydrogen) atoms. The minimum atomic E-state index is -1.39. The van der Waals surface area contributed by atoms with Crippen LogP contribution >= 0.6 is 0 Å². The Labute approximate surface area is 115 Å². The monoisotopic (exact) mass is 277 g/mol. The van der Waals surface area contributed by atoms with Crippen molar-refractivity contribution < 1.29 is 19.1 Å². The third kappa shape index (κ3) is 3.57. The van der Waals surface area contributed by atoms with Gasteiger partial charge >= 0.3 is 0 Å². The molecule has 1 aliphatic heterocycles. The number of nitrogens with zero attached hydrogens (tertiary/aromatic N) is 2. The summed E-state index contributed by atoms with van der Waals surface area (Å²) in [5.41, 5.74) is 0.906. The lowest BCUT2D eigenvalue weighted by Gasteiger charge is -2.35. The predicted octanol–water partition coefficient (Wildman–Crippen LogP) is -0.220. The van der Waals surface area contributed by atoms with Crippen LogP contribution in [-0.4, -0.2) is 43.0 Å². The Hall–Kier alpha value is -2.37. The third-order valence-electron chi connectivity index (χ3n) is 3.15. The van der Waals surface area contributed by atoms with Crippen molar-refractivity contribution in [3.8, 4) is 0 Å². The minimum Gasteiger partial charge on any atom is -0.545 e. The van der Waals surface area contributed by atoms with Crippen LogP contribution in [0, 0.1) is 5.82 Å². The summed E-state index contributed by atoms with van der Waals surface area (Å²) in [6, 6.07) is 6.19. The molecule has 0 spiro atoms. The van der Waals surface area contributed by atoms with E-state index in [9.17, 15) is 19.1 Å². The number of rotatable bonds is 3. The van der Waals surface area contributed by atoms with Crippen molar-refractivity contribution in [1.29, 1.82) is 0 Å². The topological polar surface area (TPSA) is 63.7 Å². The molecule has 6 heteroatoms. The lowest BCUT2D eigenvalue weighted by atomic mass is 10.2. The standard InChI is InChI=1S/C14H15FN2O3/c15-11-1-3-12(4-2-11)16-7-9-17(10-8-16)13(18)5-6-14(19)20/h1-6H,7-10H2,(H,19,20)/p-1/b6-5+. The number of carboxylic acids is 1. The average Bonchev–Trinajstić information content (AvgIpc) is 2.46. The highest BCUT2D eigenvalue weighted by atomic mass is 19.1. The first kappa shape index (κ1) is 14.0. The van der Waals surface area contributed by atoms with Crippen molar-refractivity contribution in [2.24, 2.45) is 0 Å². The van der Waals surface area contributed by atoms with E-state index in [0.717, 1.165) is 17.8 Å². The SMILES string of the molecule is O=C([O-])/C=C/C(=O)N1CCN(c2ccc(F)cc2)CC1. The van der Waals surface area contributed by atoms with Crippen LogP contribution in [0.4, 0.5) is 10.1 Å². The van der Waals surface area contributed by atoms with Crippen LogP contribution in [0.3, 0.4) is 0 Å². The molecule has 0 bridgehead atoms. The Kier molecular flexibility index (Phi) is 4.34. The van der Waals surface area contributed by atoms with E-state index in [2.05, 4.69) is 0 Å². The number of halogens is 1. The molecule has 1 heterocycles. The van der Waals surface area contributed by atoms with Crippen molar-refractivity contribution in [3.63, 3.8) is 0 Å². The van der Waals surface area contributed by atoms with E-state index in [1.165, 1.54) is 12.1 Å². The number of anilines is 1. The summed E-state index contributed by atoms with van der Waals surface area (Å²) < 4.78 is 12.8. The molecule has 0 aromatic heterocycles. The number of carbonyl (C=O) groups is 2. The van der Waals surface area contributed by atoms with Gasteiger partial charge in [-0.25, -0.2) is 4.39 Å². The molecule has 0 aliphatic carbocycles. The summed E-state index contributed by atoms with van der Waals surface area (Å²) in [5.74, 6) is -2.01. The normalized spacial score (nSPS) is 15.7. The zero-order chi connectivity index (χ0) is 14.5. The quantitative estimate of drug-likeness (QED) is 0.717. The number of amides is 1. The molecular weight excluding hydrogens is 263 g/mol. The fourth-order valence-electron chi connectivity index (χ4n) is 2.08. The Morgan fingerprint density at radius 2 is 1.65 bits per heavy atom. The zero-order valence-electron chi connectivity index (χ0n) is 10.8. The van der Waals surface area contributed by atoms with Gasteiger partial charge in [-0.05, 0) is 30.3 Å². The Morgan fingerprint density at radius 1 is 1.05 bits per heavy atom. The van der Waals surface area contributed by atoms with E-state index < -0.39 is 5.97 Å². The lowest BCUT2D eigenvalue weighted by molar-refractivity contribution is -0.297. The van der Waals surface area contributed by atoms with Gasteiger partial charge in [0.15, 0.2) is 0 Å². The fourth-order valence-corrected chi connectivity index (χ4v) is 2.08. The Bertz CT molecular complexity index is 520. The van der Waals surface area contributed by atoms with Crippen LogP contribution in [0.1, 0.15) is 0 Å². The molecule has 1 saturated heterocycles. The highest BCUT2D eigenvalue weighted by molar-refractivity contribution is 5.93. The first-order valence-electron chi connectivity index (χ1n) is 6.25. The van der Waals surface area contributed by atoms with Gasteiger partial charge in [0, 0.05) is 37.9 Å². The minimum absolute atomic E-state index is 0.282. The van der Waals surface area contributed by atoms with Crippen molar-refractivity contribution >= 4 is 17.6 Å². The molecule has 5 nitrogen and oxygen atoms in total. The Morgan fingerprint density at radius 3 is 2.20 bits per heavy atom. The highest BCUT2D eigenvalue weighted by Crippen LogP contribution is 2.16. The molecule has 1 amide bonds. The number of piperazine rings is 1. The van der Waals surface area contributed by atoms with Gasteiger partial charge in [-0.15, -0.1) is 0 Å². The van der Waals surface area contributed by atoms with E-state index in [4.69, 9.17) is 0 Å². The predicted molar refractivity (Wildman–Crippen MR) is 69.3 cm³/mol. The van der Waals surface area contributed by atoms with E-state index >= 15 is 0 Å². The maximum absolute atomic E-state index is 12.8. The summed E-state index contributed by atoms with van der Waals surface area (Å²) in [4.78, 5) is 25.5. The smallest absolute Gasteiger partial charge is 0.246 e. The summed E-state index contributed by atoms with van der Waals surface area (Å²) in [6.45, 7) is 2.23. The molecule has 0 unspecified atom stereocenters. The van der Waals surface area contributed by atoms with Crippen molar-refractivity contribution in [3.05, 3.63) is 42.2 Å². The summed E-state index contributed by atoms with van der Waals surface area (Å²) in [7, 11) is 0. The second kappa shape index (κ2) is 6.18. The second-order valence-corrected chi connectivity index (χ2v) is 4.44. The van der Waals surface area contributed by atoms with Gasteiger partial charge in [0.2, 0.25) is 5.91 Å². The van der Waals surface area contributed by atoms with Gasteiger partial charge < -0.3 is 19.7 Å². The van der Waals surface area contributed by atoms with E-state index in [1.54, 1.807) is 17.0 Å². The summed E-state index contributed by atoms with van der Waals surface area (Å²) >= 11 is 0. The molecule has 2 rings (SSSR count). The zero-order valence-corrected chi connectivity index (χ0v) is 10.8. The van der Waals surface area contributed by atoms with Crippen molar-refractivity contribution in [1.82, 2.24) is 4.90 Å². The van der Waals surface area contributed by atoms with E-state index in [0.29, 0.717) is 26.2 Å². The first-order chi connectivity index (χ1) is 9.56. The number of carbonyl (C=O) groups excluding carboxylic acids is 2. The molecule has 1 aliphatic rings. The van der Waals surface area contributed by atoms with E-state index in [-0.39, 0.29) is 11.7 Å². The molecule has 0 saturated carbocycles. The molecule has 106 valence electrons. The molecule has 0 radical (unpaired) electrons. The largest absolute Gasteiger partial charge is 0.545 e. The van der Waals surface area contributed by atoms with Crippen LogP contribution in [0.15, 0.2) is 36.4 Å². The molecule has 1 fully saturated rings. The van der Waals surface area contributed by atoms with Gasteiger partial charge in [-0.3, -0.25) is 4.79 Å². The van der Waals surface area contributed by atoms with Gasteiger partial charge in [0.1, 0.15) is 5.82 Å². The lowest BCUT2D eigenvalue weighted by Crippen LogP contribution is -2.48. The van der Waals surface area contributed by atoms with Crippen LogP contribution in [0.2, 0.25) is 0 Å². The van der Waals surface area contributed by atoms with Gasteiger partial charge in [0.25, 0.3) is 0 Å². The van der Waals surface area contributed by atoms with Crippen LogP contribution in [-0.2, 0) is 9.59 Å². The summed E-state index contributed by atoms with van der Waals surface area (Å²) in [5, 5.41) is 10.2. The number of aliphatic carboxylic acids is 1. The molecule has 0 atom stereocenters. The van der Waals surface area contributed by atoms with Gasteiger partial charge in [-0.2, -0.15) is 0 Å². The first-order valence-corrected chi connectivity index (χ1v) is 6.25. The van der Waals surface area contributed by atoms with Crippen LogP contribution < -0.4 is 10.0 Å². The second-order valence-electron chi connectivity index (χ2n) is 4.44. The maximum Gasteiger partial charge on any atom is 0.246 e. The third-order valence-corrected chi connectivity index (χ3v) is 3.15. The fraction of sp³-hybridized carbons (Fsp3) is 0.286. The van der Waals surface area contributed by atoms with E-state index in [1.807, 2.05) is 4.90 Å². The Balaban J connectivity index is 1.90. The van der Waals surface area contributed by atoms with Crippen LogP contribution in [0.5, 0.6) is 0 Å². The van der Waals surface area contributed by atoms with Crippen molar-refractivity contribution in [2.45, 2.75) is 0 Å². The molecule has 1 aromatic rings.